The van der Waals surface area contributed by atoms with Crippen LogP contribution >= 0.6 is 23.2 Å². The van der Waals surface area contributed by atoms with Gasteiger partial charge in [0.1, 0.15) is 0 Å². The summed E-state index contributed by atoms with van der Waals surface area (Å²) >= 11 is 11.7. The lowest BCUT2D eigenvalue weighted by Gasteiger charge is -2.08. The zero-order chi connectivity index (χ0) is 11.1. The van der Waals surface area contributed by atoms with E-state index in [1.54, 1.807) is 18.2 Å². The number of benzene rings is 1. The third kappa shape index (κ3) is 2.51. The van der Waals surface area contributed by atoms with Gasteiger partial charge in [-0.3, -0.25) is 4.79 Å². The molecule has 0 heterocycles. The van der Waals surface area contributed by atoms with Crippen LogP contribution in [0.2, 0.25) is 10.0 Å². The molecule has 0 radical (unpaired) electrons. The van der Waals surface area contributed by atoms with E-state index in [0.29, 0.717) is 22.0 Å². The fourth-order valence-electron chi connectivity index (χ4n) is 1.46. The van der Waals surface area contributed by atoms with Crippen molar-refractivity contribution in [3.05, 3.63) is 33.8 Å². The second-order valence-electron chi connectivity index (χ2n) is 4.09. The lowest BCUT2D eigenvalue weighted by molar-refractivity contribution is 0.0971. The summed E-state index contributed by atoms with van der Waals surface area (Å²) in [5.41, 5.74) is 6.06. The Labute approximate surface area is 98.4 Å². The molecule has 0 amide bonds. The molecule has 0 saturated heterocycles. The maximum absolute atomic E-state index is 11.9. The molecular formula is C11H11Cl2NO. The van der Waals surface area contributed by atoms with Crippen LogP contribution in [-0.2, 0) is 0 Å². The van der Waals surface area contributed by atoms with Gasteiger partial charge >= 0.3 is 0 Å². The smallest absolute Gasteiger partial charge is 0.166 e. The quantitative estimate of drug-likeness (QED) is 0.830. The first kappa shape index (κ1) is 10.9. The molecule has 2 rings (SSSR count). The van der Waals surface area contributed by atoms with Crippen molar-refractivity contribution in [3.63, 3.8) is 0 Å². The SMILES string of the molecule is NC1(CC(=O)c2cc(Cl)ccc2Cl)CC1. The number of carbonyl (C=O) groups excluding carboxylic acids is 1. The van der Waals surface area contributed by atoms with Crippen LogP contribution in [0, 0.1) is 0 Å². The first-order valence-corrected chi connectivity index (χ1v) is 5.53. The Balaban J connectivity index is 2.21. The predicted molar refractivity (Wildman–Crippen MR) is 61.6 cm³/mol. The van der Waals surface area contributed by atoms with E-state index < -0.39 is 0 Å². The molecule has 1 aromatic carbocycles. The molecule has 80 valence electrons. The highest BCUT2D eigenvalue weighted by molar-refractivity contribution is 6.35. The second kappa shape index (κ2) is 3.78. The molecule has 0 atom stereocenters. The Morgan fingerprint density at radius 1 is 1.40 bits per heavy atom. The van der Waals surface area contributed by atoms with Crippen LogP contribution in [0.25, 0.3) is 0 Å². The highest BCUT2D eigenvalue weighted by Gasteiger charge is 2.40. The van der Waals surface area contributed by atoms with Crippen molar-refractivity contribution in [1.82, 2.24) is 0 Å². The number of carbonyl (C=O) groups is 1. The number of ketones is 1. The first-order chi connectivity index (χ1) is 7.00. The third-order valence-corrected chi connectivity index (χ3v) is 3.20. The Hall–Kier alpha value is -0.570. The number of rotatable bonds is 3. The molecule has 1 saturated carbocycles. The van der Waals surface area contributed by atoms with E-state index in [2.05, 4.69) is 0 Å². The van der Waals surface area contributed by atoms with Crippen LogP contribution in [-0.4, -0.2) is 11.3 Å². The second-order valence-corrected chi connectivity index (χ2v) is 4.93. The highest BCUT2D eigenvalue weighted by atomic mass is 35.5. The van der Waals surface area contributed by atoms with Gasteiger partial charge in [-0.15, -0.1) is 0 Å². The molecule has 4 heteroatoms. The van der Waals surface area contributed by atoms with E-state index in [0.717, 1.165) is 12.8 Å². The van der Waals surface area contributed by atoms with E-state index in [9.17, 15) is 4.79 Å². The molecule has 1 aliphatic rings. The van der Waals surface area contributed by atoms with Gasteiger partial charge in [-0.05, 0) is 31.0 Å². The van der Waals surface area contributed by atoms with Gasteiger partial charge in [0.15, 0.2) is 5.78 Å². The summed E-state index contributed by atoms with van der Waals surface area (Å²) in [7, 11) is 0. The summed E-state index contributed by atoms with van der Waals surface area (Å²) in [6.07, 6.45) is 2.18. The zero-order valence-electron chi connectivity index (χ0n) is 8.09. The minimum absolute atomic E-state index is 0.0255. The summed E-state index contributed by atoms with van der Waals surface area (Å²) in [6.45, 7) is 0. The van der Waals surface area contributed by atoms with Crippen molar-refractivity contribution in [1.29, 1.82) is 0 Å². The van der Waals surface area contributed by atoms with Crippen molar-refractivity contribution < 1.29 is 4.79 Å². The van der Waals surface area contributed by atoms with Crippen LogP contribution < -0.4 is 5.73 Å². The maximum atomic E-state index is 11.9. The lowest BCUT2D eigenvalue weighted by Crippen LogP contribution is -2.25. The Morgan fingerprint density at radius 3 is 2.67 bits per heavy atom. The number of hydrogen-bond acceptors (Lipinski definition) is 2. The Kier molecular flexibility index (Phi) is 2.75. The molecule has 0 spiro atoms. The van der Waals surface area contributed by atoms with Crippen molar-refractivity contribution in [2.75, 3.05) is 0 Å². The van der Waals surface area contributed by atoms with Crippen LogP contribution in [0.4, 0.5) is 0 Å². The van der Waals surface area contributed by atoms with E-state index in [1.165, 1.54) is 0 Å². The predicted octanol–water partition coefficient (Wildman–Crippen LogP) is 3.06. The molecule has 2 N–H and O–H groups in total. The third-order valence-electron chi connectivity index (χ3n) is 2.63. The van der Waals surface area contributed by atoms with Crippen LogP contribution in [0.15, 0.2) is 18.2 Å². The summed E-state index contributed by atoms with van der Waals surface area (Å²) in [5, 5.41) is 0.957. The van der Waals surface area contributed by atoms with Gasteiger partial charge in [0.2, 0.25) is 0 Å². The van der Waals surface area contributed by atoms with Gasteiger partial charge in [-0.25, -0.2) is 0 Å². The summed E-state index contributed by atoms with van der Waals surface area (Å²) in [6, 6.07) is 4.89. The molecule has 15 heavy (non-hydrogen) atoms. The molecule has 0 unspecified atom stereocenters. The number of halogens is 2. The number of Topliss-reactive ketones (excluding diaryl/α,β-unsaturated/α-hetero) is 1. The largest absolute Gasteiger partial charge is 0.325 e. The van der Waals surface area contributed by atoms with Crippen LogP contribution in [0.1, 0.15) is 29.6 Å². The average molecular weight is 244 g/mol. The molecule has 0 aromatic heterocycles. The van der Waals surface area contributed by atoms with Crippen LogP contribution in [0.5, 0.6) is 0 Å². The van der Waals surface area contributed by atoms with Gasteiger partial charge in [-0.2, -0.15) is 0 Å². The van der Waals surface area contributed by atoms with E-state index >= 15 is 0 Å². The molecule has 1 fully saturated rings. The normalized spacial score (nSPS) is 17.5. The van der Waals surface area contributed by atoms with Crippen molar-refractivity contribution in [3.8, 4) is 0 Å². The minimum atomic E-state index is -0.289. The van der Waals surface area contributed by atoms with Crippen LogP contribution in [0.3, 0.4) is 0 Å². The molecular weight excluding hydrogens is 233 g/mol. The van der Waals surface area contributed by atoms with Gasteiger partial charge < -0.3 is 5.73 Å². The fourth-order valence-corrected chi connectivity index (χ4v) is 1.86. The average Bonchev–Trinajstić information content (AvgIpc) is 2.87. The minimum Gasteiger partial charge on any atom is -0.325 e. The molecule has 0 aliphatic heterocycles. The standard InChI is InChI=1S/C11H11Cl2NO/c12-7-1-2-9(13)8(5-7)10(15)6-11(14)3-4-11/h1-2,5H,3-4,6,14H2. The lowest BCUT2D eigenvalue weighted by atomic mass is 10.0. The number of nitrogens with two attached hydrogens (primary N) is 1. The maximum Gasteiger partial charge on any atom is 0.166 e. The highest BCUT2D eigenvalue weighted by Crippen LogP contribution is 2.37. The molecule has 2 nitrogen and oxygen atoms in total. The monoisotopic (exact) mass is 243 g/mol. The molecule has 1 aliphatic carbocycles. The first-order valence-electron chi connectivity index (χ1n) is 4.77. The molecule has 0 bridgehead atoms. The van der Waals surface area contributed by atoms with Crippen molar-refractivity contribution >= 4 is 29.0 Å². The van der Waals surface area contributed by atoms with E-state index in [4.69, 9.17) is 28.9 Å². The fraction of sp³-hybridized carbons (Fsp3) is 0.364. The Morgan fingerprint density at radius 2 is 2.07 bits per heavy atom. The summed E-state index contributed by atoms with van der Waals surface area (Å²) in [4.78, 5) is 11.9. The van der Waals surface area contributed by atoms with Gasteiger partial charge in [0.05, 0.1) is 5.02 Å². The molecule has 1 aromatic rings. The van der Waals surface area contributed by atoms with E-state index in [-0.39, 0.29) is 11.3 Å². The summed E-state index contributed by atoms with van der Waals surface area (Å²) < 4.78 is 0. The van der Waals surface area contributed by atoms with Crippen molar-refractivity contribution in [2.45, 2.75) is 24.8 Å². The van der Waals surface area contributed by atoms with Gasteiger partial charge in [0.25, 0.3) is 0 Å². The Bertz CT molecular complexity index is 413. The van der Waals surface area contributed by atoms with Crippen molar-refractivity contribution in [2.24, 2.45) is 5.73 Å². The van der Waals surface area contributed by atoms with E-state index in [1.807, 2.05) is 0 Å². The zero-order valence-corrected chi connectivity index (χ0v) is 9.61. The number of hydrogen-bond donors (Lipinski definition) is 1. The summed E-state index contributed by atoms with van der Waals surface area (Å²) in [5.74, 6) is -0.0255. The topological polar surface area (TPSA) is 43.1 Å². The van der Waals surface area contributed by atoms with Gasteiger partial charge in [0, 0.05) is 22.5 Å². The van der Waals surface area contributed by atoms with Gasteiger partial charge in [-0.1, -0.05) is 23.2 Å².